The average Bonchev–Trinajstić information content (AvgIpc) is 2.31. The number of hydrogen-bond acceptors (Lipinski definition) is 3. The van der Waals surface area contributed by atoms with E-state index in [4.69, 9.17) is 0 Å². The largest absolute Gasteiger partial charge is 0.263 e. The van der Waals surface area contributed by atoms with E-state index in [2.05, 4.69) is 21.9 Å². The van der Waals surface area contributed by atoms with Gasteiger partial charge in [0.1, 0.15) is 0 Å². The van der Waals surface area contributed by atoms with Crippen LogP contribution in [0.5, 0.6) is 0 Å². The van der Waals surface area contributed by atoms with Crippen molar-refractivity contribution in [3.63, 3.8) is 0 Å². The number of hydrogen-bond donors (Lipinski definition) is 0. The zero-order chi connectivity index (χ0) is 10.5. The van der Waals surface area contributed by atoms with Crippen molar-refractivity contribution in [1.82, 2.24) is 15.0 Å². The Kier molecular flexibility index (Phi) is 2.83. The summed E-state index contributed by atoms with van der Waals surface area (Å²) in [5.74, 6) is 0.685. The fourth-order valence-corrected chi connectivity index (χ4v) is 1.26. The molecule has 0 aliphatic rings. The monoisotopic (exact) mass is 196 g/mol. The summed E-state index contributed by atoms with van der Waals surface area (Å²) in [7, 11) is 0. The van der Waals surface area contributed by atoms with E-state index in [1.807, 2.05) is 12.1 Å². The van der Waals surface area contributed by atoms with Crippen molar-refractivity contribution in [2.75, 3.05) is 0 Å². The molecule has 0 N–H and O–H groups in total. The third-order valence-corrected chi connectivity index (χ3v) is 1.89. The van der Waals surface area contributed by atoms with E-state index in [1.165, 1.54) is 0 Å². The van der Waals surface area contributed by atoms with Gasteiger partial charge >= 0.3 is 0 Å². The van der Waals surface area contributed by atoms with Gasteiger partial charge in [0.25, 0.3) is 0 Å². The highest BCUT2D eigenvalue weighted by molar-refractivity contribution is 5.60. The summed E-state index contributed by atoms with van der Waals surface area (Å²) in [6, 6.07) is 3.76. The van der Waals surface area contributed by atoms with Gasteiger partial charge in [0.05, 0.1) is 0 Å². The molecule has 0 unspecified atom stereocenters. The fourth-order valence-electron chi connectivity index (χ4n) is 1.26. The number of rotatable bonds is 2. The van der Waals surface area contributed by atoms with Crippen molar-refractivity contribution in [1.29, 1.82) is 0 Å². The Morgan fingerprint density at radius 1 is 1.13 bits per heavy atom. The third-order valence-electron chi connectivity index (χ3n) is 1.89. The highest BCUT2D eigenvalue weighted by Gasteiger charge is 1.99. The molecular formula is C12H10N3. The topological polar surface area (TPSA) is 38.7 Å². The highest BCUT2D eigenvalue weighted by atomic mass is 14.9. The lowest BCUT2D eigenvalue weighted by molar-refractivity contribution is 1.16. The predicted octanol–water partition coefficient (Wildman–Crippen LogP) is 2.39. The smallest absolute Gasteiger partial charge is 0.160 e. The van der Waals surface area contributed by atoms with Crippen LogP contribution in [0, 0.1) is 6.92 Å². The molecule has 73 valence electrons. The van der Waals surface area contributed by atoms with Gasteiger partial charge in [0.15, 0.2) is 5.82 Å². The highest BCUT2D eigenvalue weighted by Crippen LogP contribution is 2.14. The molecule has 15 heavy (non-hydrogen) atoms. The molecule has 2 rings (SSSR count). The van der Waals surface area contributed by atoms with E-state index >= 15 is 0 Å². The van der Waals surface area contributed by atoms with Crippen LogP contribution in [0.2, 0.25) is 0 Å². The maximum absolute atomic E-state index is 4.16. The van der Waals surface area contributed by atoms with Crippen LogP contribution in [0.3, 0.4) is 0 Å². The normalized spacial score (nSPS) is 10.7. The summed E-state index contributed by atoms with van der Waals surface area (Å²) in [5.41, 5.74) is 1.90. The van der Waals surface area contributed by atoms with Crippen LogP contribution in [-0.4, -0.2) is 15.0 Å². The number of pyridine rings is 1. The molecule has 0 fully saturated rings. The summed E-state index contributed by atoms with van der Waals surface area (Å²) in [6.07, 6.45) is 10.6. The van der Waals surface area contributed by atoms with Crippen LogP contribution >= 0.6 is 0 Å². The van der Waals surface area contributed by atoms with Gasteiger partial charge in [-0.3, -0.25) is 4.98 Å². The lowest BCUT2D eigenvalue weighted by Gasteiger charge is -1.99. The Labute approximate surface area is 88.6 Å². The first-order valence-electron chi connectivity index (χ1n) is 4.58. The second-order valence-corrected chi connectivity index (χ2v) is 2.98. The van der Waals surface area contributed by atoms with Gasteiger partial charge in [-0.1, -0.05) is 12.2 Å². The zero-order valence-electron chi connectivity index (χ0n) is 8.17. The Hall–Kier alpha value is -2.03. The molecule has 2 aromatic rings. The first-order valence-corrected chi connectivity index (χ1v) is 4.58. The minimum absolute atomic E-state index is 0.685. The van der Waals surface area contributed by atoms with Gasteiger partial charge in [0, 0.05) is 30.4 Å². The van der Waals surface area contributed by atoms with E-state index < -0.39 is 0 Å². The van der Waals surface area contributed by atoms with Gasteiger partial charge in [-0.25, -0.2) is 9.97 Å². The van der Waals surface area contributed by atoms with Gasteiger partial charge in [-0.15, -0.1) is 0 Å². The van der Waals surface area contributed by atoms with Crippen molar-refractivity contribution >= 4 is 6.08 Å². The van der Waals surface area contributed by atoms with Crippen molar-refractivity contribution in [3.8, 4) is 11.4 Å². The summed E-state index contributed by atoms with van der Waals surface area (Å²) in [4.78, 5) is 12.4. The second-order valence-electron chi connectivity index (χ2n) is 2.98. The molecule has 0 aliphatic heterocycles. The molecular weight excluding hydrogens is 186 g/mol. The molecule has 1 radical (unpaired) electrons. The maximum Gasteiger partial charge on any atom is 0.160 e. The minimum atomic E-state index is 0.685. The minimum Gasteiger partial charge on any atom is -0.263 e. The van der Waals surface area contributed by atoms with E-state index in [0.717, 1.165) is 11.1 Å². The maximum atomic E-state index is 4.16. The summed E-state index contributed by atoms with van der Waals surface area (Å²) in [6.45, 7) is 3.64. The predicted molar refractivity (Wildman–Crippen MR) is 59.7 cm³/mol. The van der Waals surface area contributed by atoms with Crippen LogP contribution in [0.1, 0.15) is 5.56 Å². The quantitative estimate of drug-likeness (QED) is 0.740. The van der Waals surface area contributed by atoms with Crippen LogP contribution in [0.15, 0.2) is 43.0 Å². The first kappa shape index (κ1) is 9.52. The molecule has 0 amide bonds. The van der Waals surface area contributed by atoms with Gasteiger partial charge < -0.3 is 0 Å². The fraction of sp³-hybridized carbons (Fsp3) is 0. The van der Waals surface area contributed by atoms with Crippen LogP contribution < -0.4 is 0 Å². The first-order chi connectivity index (χ1) is 7.40. The molecule has 0 aliphatic carbocycles. The van der Waals surface area contributed by atoms with E-state index in [9.17, 15) is 0 Å². The van der Waals surface area contributed by atoms with Crippen LogP contribution in [0.25, 0.3) is 17.5 Å². The number of nitrogens with zero attached hydrogens (tertiary/aromatic N) is 3. The van der Waals surface area contributed by atoms with Crippen LogP contribution in [-0.2, 0) is 0 Å². The molecule has 2 aromatic heterocycles. The van der Waals surface area contributed by atoms with Crippen molar-refractivity contribution < 1.29 is 0 Å². The Morgan fingerprint density at radius 2 is 1.93 bits per heavy atom. The summed E-state index contributed by atoms with van der Waals surface area (Å²) >= 11 is 0. The Balaban J connectivity index is 2.41. The number of aromatic nitrogens is 3. The average molecular weight is 196 g/mol. The molecule has 0 bridgehead atoms. The lowest BCUT2D eigenvalue weighted by atomic mass is 10.2. The molecule has 2 heterocycles. The molecule has 0 saturated heterocycles. The van der Waals surface area contributed by atoms with E-state index in [0.29, 0.717) is 5.82 Å². The zero-order valence-corrected chi connectivity index (χ0v) is 8.17. The van der Waals surface area contributed by atoms with Gasteiger partial charge in [-0.2, -0.15) is 0 Å². The Bertz CT molecular complexity index is 463. The molecule has 0 saturated carbocycles. The molecule has 0 atom stereocenters. The van der Waals surface area contributed by atoms with Gasteiger partial charge in [0.2, 0.25) is 0 Å². The molecule has 3 heteroatoms. The number of allylic oxidation sites excluding steroid dienone is 1. The van der Waals surface area contributed by atoms with E-state index in [-0.39, 0.29) is 0 Å². The Morgan fingerprint density at radius 3 is 2.67 bits per heavy atom. The lowest BCUT2D eigenvalue weighted by Crippen LogP contribution is -1.88. The van der Waals surface area contributed by atoms with E-state index in [1.54, 1.807) is 36.9 Å². The van der Waals surface area contributed by atoms with Crippen molar-refractivity contribution in [2.45, 2.75) is 0 Å². The van der Waals surface area contributed by atoms with Crippen molar-refractivity contribution in [2.24, 2.45) is 0 Å². The van der Waals surface area contributed by atoms with Crippen LogP contribution in [0.4, 0.5) is 0 Å². The molecule has 0 aromatic carbocycles. The summed E-state index contributed by atoms with van der Waals surface area (Å²) < 4.78 is 0. The standard InChI is InChI=1S/C12H10N3/c1-2-4-10-7-11(9-13-8-10)12-14-5-3-6-15-12/h2-9H,1H2. The third kappa shape index (κ3) is 2.26. The SMILES string of the molecule is [CH2]C=Cc1cncc(-c2ncccn2)c1. The second kappa shape index (κ2) is 4.46. The molecule has 3 nitrogen and oxygen atoms in total. The van der Waals surface area contributed by atoms with Gasteiger partial charge in [-0.05, 0) is 24.6 Å². The molecule has 0 spiro atoms. The summed E-state index contributed by atoms with van der Waals surface area (Å²) in [5, 5.41) is 0. The van der Waals surface area contributed by atoms with Crippen molar-refractivity contribution in [3.05, 3.63) is 55.5 Å².